The molecule has 0 heterocycles. The zero-order valence-electron chi connectivity index (χ0n) is 8.68. The molecule has 76 valence electrons. The summed E-state index contributed by atoms with van der Waals surface area (Å²) in [6, 6.07) is 8.11. The molecule has 1 aromatic carbocycles. The predicted molar refractivity (Wildman–Crippen MR) is 63.9 cm³/mol. The minimum Gasteiger partial charge on any atom is -0.381 e. The van der Waals surface area contributed by atoms with Gasteiger partial charge in [0.05, 0.1) is 0 Å². The Balaban J connectivity index is 2.62. The molecule has 0 aromatic heterocycles. The molecule has 1 rings (SSSR count). The van der Waals surface area contributed by atoms with E-state index in [1.54, 1.807) is 0 Å². The zero-order valence-corrected chi connectivity index (χ0v) is 9.43. The maximum atomic E-state index is 5.82. The highest BCUT2D eigenvalue weighted by Gasteiger charge is 1.97. The van der Waals surface area contributed by atoms with Crippen LogP contribution in [-0.4, -0.2) is 6.54 Å². The van der Waals surface area contributed by atoms with Gasteiger partial charge < -0.3 is 5.32 Å². The maximum Gasteiger partial charge on any atom is 0.0494 e. The summed E-state index contributed by atoms with van der Waals surface area (Å²) in [5, 5.41) is 3.33. The highest BCUT2D eigenvalue weighted by atomic mass is 35.5. The van der Waals surface area contributed by atoms with Gasteiger partial charge in [-0.2, -0.15) is 0 Å². The first-order chi connectivity index (χ1) is 6.74. The van der Waals surface area contributed by atoms with Crippen LogP contribution in [0.15, 0.2) is 35.9 Å². The average Bonchev–Trinajstić information content (AvgIpc) is 2.18. The lowest BCUT2D eigenvalue weighted by Crippen LogP contribution is -2.01. The Morgan fingerprint density at radius 2 is 2.07 bits per heavy atom. The largest absolute Gasteiger partial charge is 0.381 e. The minimum atomic E-state index is 0.554. The standard InChI is InChI=1S/C12H16ClN/c1-10(2)7-8-14-12-6-4-3-5-11(12)9-13/h3-7,14H,8-9H2,1-2H3. The molecular weight excluding hydrogens is 194 g/mol. The molecule has 0 spiro atoms. The Labute approximate surface area is 90.8 Å². The van der Waals surface area contributed by atoms with Gasteiger partial charge in [0.1, 0.15) is 0 Å². The molecule has 0 atom stereocenters. The topological polar surface area (TPSA) is 12.0 Å². The minimum absolute atomic E-state index is 0.554. The van der Waals surface area contributed by atoms with Gasteiger partial charge in [0.2, 0.25) is 0 Å². The molecule has 1 aromatic rings. The van der Waals surface area contributed by atoms with Crippen LogP contribution in [0.5, 0.6) is 0 Å². The molecule has 0 unspecified atom stereocenters. The van der Waals surface area contributed by atoms with Crippen molar-refractivity contribution < 1.29 is 0 Å². The van der Waals surface area contributed by atoms with Gasteiger partial charge in [-0.3, -0.25) is 0 Å². The number of rotatable bonds is 4. The molecule has 0 aliphatic carbocycles. The molecule has 2 heteroatoms. The monoisotopic (exact) mass is 209 g/mol. The third kappa shape index (κ3) is 3.43. The van der Waals surface area contributed by atoms with Crippen molar-refractivity contribution in [1.29, 1.82) is 0 Å². The van der Waals surface area contributed by atoms with Gasteiger partial charge in [0.25, 0.3) is 0 Å². The molecule has 0 aliphatic heterocycles. The molecule has 0 radical (unpaired) electrons. The van der Waals surface area contributed by atoms with E-state index in [0.29, 0.717) is 5.88 Å². The van der Waals surface area contributed by atoms with E-state index in [1.807, 2.05) is 18.2 Å². The summed E-state index contributed by atoms with van der Waals surface area (Å²) in [7, 11) is 0. The average molecular weight is 210 g/mol. The molecular formula is C12H16ClN. The Hall–Kier alpha value is -0.950. The number of nitrogens with one attached hydrogen (secondary N) is 1. The van der Waals surface area contributed by atoms with Crippen LogP contribution in [0.1, 0.15) is 19.4 Å². The van der Waals surface area contributed by atoms with Crippen molar-refractivity contribution >= 4 is 17.3 Å². The summed E-state index contributed by atoms with van der Waals surface area (Å²) in [6.45, 7) is 5.04. The van der Waals surface area contributed by atoms with Gasteiger partial charge in [0, 0.05) is 18.1 Å². The highest BCUT2D eigenvalue weighted by molar-refractivity contribution is 6.17. The van der Waals surface area contributed by atoms with Crippen molar-refractivity contribution in [2.45, 2.75) is 19.7 Å². The molecule has 14 heavy (non-hydrogen) atoms. The number of benzene rings is 1. The molecule has 1 N–H and O–H groups in total. The van der Waals surface area contributed by atoms with Gasteiger partial charge in [-0.15, -0.1) is 11.6 Å². The Morgan fingerprint density at radius 3 is 2.71 bits per heavy atom. The third-order valence-electron chi connectivity index (χ3n) is 1.96. The maximum absolute atomic E-state index is 5.82. The van der Waals surface area contributed by atoms with E-state index in [2.05, 4.69) is 31.3 Å². The molecule has 0 amide bonds. The lowest BCUT2D eigenvalue weighted by Gasteiger charge is -2.08. The van der Waals surface area contributed by atoms with E-state index in [1.165, 1.54) is 5.57 Å². The fourth-order valence-electron chi connectivity index (χ4n) is 1.17. The predicted octanol–water partition coefficient (Wildman–Crippen LogP) is 3.80. The molecule has 1 nitrogen and oxygen atoms in total. The van der Waals surface area contributed by atoms with E-state index in [4.69, 9.17) is 11.6 Å². The van der Waals surface area contributed by atoms with Crippen molar-refractivity contribution in [3.05, 3.63) is 41.5 Å². The van der Waals surface area contributed by atoms with Gasteiger partial charge >= 0.3 is 0 Å². The van der Waals surface area contributed by atoms with Crippen molar-refractivity contribution in [2.24, 2.45) is 0 Å². The summed E-state index contributed by atoms with van der Waals surface area (Å²) in [5.74, 6) is 0.554. The first-order valence-corrected chi connectivity index (χ1v) is 5.28. The van der Waals surface area contributed by atoms with E-state index in [9.17, 15) is 0 Å². The molecule has 0 aliphatic rings. The van der Waals surface area contributed by atoms with Crippen molar-refractivity contribution in [1.82, 2.24) is 0 Å². The van der Waals surface area contributed by atoms with Crippen molar-refractivity contribution in [2.75, 3.05) is 11.9 Å². The second kappa shape index (κ2) is 5.71. The lowest BCUT2D eigenvalue weighted by atomic mass is 10.2. The van der Waals surface area contributed by atoms with Crippen molar-refractivity contribution in [3.8, 4) is 0 Å². The summed E-state index contributed by atoms with van der Waals surface area (Å²) in [6.07, 6.45) is 2.16. The Bertz CT molecular complexity index is 314. The normalized spacial score (nSPS) is 9.64. The first-order valence-electron chi connectivity index (χ1n) is 4.75. The Kier molecular flexibility index (Phi) is 4.54. The van der Waals surface area contributed by atoms with Crippen LogP contribution in [-0.2, 0) is 5.88 Å². The highest BCUT2D eigenvalue weighted by Crippen LogP contribution is 2.16. The quantitative estimate of drug-likeness (QED) is 0.588. The SMILES string of the molecule is CC(C)=CCNc1ccccc1CCl. The number of alkyl halides is 1. The fraction of sp³-hybridized carbons (Fsp3) is 0.333. The summed E-state index contributed by atoms with van der Waals surface area (Å²) < 4.78 is 0. The lowest BCUT2D eigenvalue weighted by molar-refractivity contribution is 1.24. The van der Waals surface area contributed by atoms with Gasteiger partial charge in [-0.05, 0) is 25.5 Å². The van der Waals surface area contributed by atoms with Crippen LogP contribution >= 0.6 is 11.6 Å². The van der Waals surface area contributed by atoms with E-state index >= 15 is 0 Å². The van der Waals surface area contributed by atoms with Crippen LogP contribution < -0.4 is 5.32 Å². The van der Waals surface area contributed by atoms with Gasteiger partial charge in [-0.25, -0.2) is 0 Å². The van der Waals surface area contributed by atoms with Crippen LogP contribution in [0, 0.1) is 0 Å². The smallest absolute Gasteiger partial charge is 0.0494 e. The summed E-state index contributed by atoms with van der Waals surface area (Å²) in [4.78, 5) is 0. The summed E-state index contributed by atoms with van der Waals surface area (Å²) in [5.41, 5.74) is 3.59. The first kappa shape index (κ1) is 11.1. The summed E-state index contributed by atoms with van der Waals surface area (Å²) >= 11 is 5.82. The van der Waals surface area contributed by atoms with Crippen LogP contribution in [0.4, 0.5) is 5.69 Å². The number of para-hydroxylation sites is 1. The Morgan fingerprint density at radius 1 is 1.36 bits per heavy atom. The van der Waals surface area contributed by atoms with E-state index in [-0.39, 0.29) is 0 Å². The van der Waals surface area contributed by atoms with Crippen LogP contribution in [0.25, 0.3) is 0 Å². The molecule has 0 saturated carbocycles. The second-order valence-corrected chi connectivity index (χ2v) is 3.72. The number of anilines is 1. The van der Waals surface area contributed by atoms with Crippen LogP contribution in [0.2, 0.25) is 0 Å². The van der Waals surface area contributed by atoms with E-state index in [0.717, 1.165) is 17.8 Å². The number of hydrogen-bond acceptors (Lipinski definition) is 1. The van der Waals surface area contributed by atoms with Gasteiger partial charge in [-0.1, -0.05) is 29.8 Å². The van der Waals surface area contributed by atoms with Gasteiger partial charge in [0.15, 0.2) is 0 Å². The second-order valence-electron chi connectivity index (χ2n) is 3.45. The number of halogens is 1. The fourth-order valence-corrected chi connectivity index (χ4v) is 1.41. The number of hydrogen-bond donors (Lipinski definition) is 1. The molecule has 0 bridgehead atoms. The zero-order chi connectivity index (χ0) is 10.4. The van der Waals surface area contributed by atoms with Crippen LogP contribution in [0.3, 0.4) is 0 Å². The van der Waals surface area contributed by atoms with E-state index < -0.39 is 0 Å². The third-order valence-corrected chi connectivity index (χ3v) is 2.25. The van der Waals surface area contributed by atoms with Crippen molar-refractivity contribution in [3.63, 3.8) is 0 Å². The number of allylic oxidation sites excluding steroid dienone is 1. The molecule has 0 saturated heterocycles. The molecule has 0 fully saturated rings.